The molecule has 36 heavy (non-hydrogen) atoms. The van der Waals surface area contributed by atoms with E-state index in [9.17, 15) is 18.0 Å². The van der Waals surface area contributed by atoms with Crippen LogP contribution in [0.4, 0.5) is 23.7 Å². The minimum Gasteiger partial charge on any atom is -0.406 e. The Morgan fingerprint density at radius 2 is 1.69 bits per heavy atom. The van der Waals surface area contributed by atoms with E-state index in [0.29, 0.717) is 18.8 Å². The van der Waals surface area contributed by atoms with E-state index in [4.69, 9.17) is 4.98 Å². The maximum Gasteiger partial charge on any atom is 0.573 e. The van der Waals surface area contributed by atoms with Crippen molar-refractivity contribution in [1.29, 1.82) is 0 Å². The monoisotopic (exact) mass is 493 g/mol. The first-order valence-electron chi connectivity index (χ1n) is 11.9. The molecule has 5 rings (SSSR count). The Kier molecular flexibility index (Phi) is 6.43. The Balaban J connectivity index is 1.33. The molecule has 0 unspecified atom stereocenters. The highest BCUT2D eigenvalue weighted by Crippen LogP contribution is 2.38. The number of anilines is 1. The molecule has 2 aliphatic rings. The number of pyridine rings is 1. The summed E-state index contributed by atoms with van der Waals surface area (Å²) in [4.78, 5) is 19.3. The maximum atomic E-state index is 12.8. The predicted molar refractivity (Wildman–Crippen MR) is 132 cm³/mol. The molecule has 1 fully saturated rings. The van der Waals surface area contributed by atoms with Crippen molar-refractivity contribution in [3.8, 4) is 5.75 Å². The molecule has 2 amide bonds. The van der Waals surface area contributed by atoms with Crippen LogP contribution in [-0.2, 0) is 12.8 Å². The van der Waals surface area contributed by atoms with Crippen molar-refractivity contribution in [3.05, 3.63) is 94.3 Å². The minimum absolute atomic E-state index is 0.279. The van der Waals surface area contributed by atoms with Gasteiger partial charge >= 0.3 is 12.4 Å². The van der Waals surface area contributed by atoms with Gasteiger partial charge in [0, 0.05) is 30.5 Å². The number of nitrogens with one attached hydrogen (secondary N) is 1. The minimum atomic E-state index is -4.75. The van der Waals surface area contributed by atoms with Crippen molar-refractivity contribution in [1.82, 2.24) is 9.88 Å². The number of hydrogen-bond donors (Lipinski definition) is 1. The highest BCUT2D eigenvalue weighted by Gasteiger charge is 2.31. The average molecular weight is 494 g/mol. The van der Waals surface area contributed by atoms with Gasteiger partial charge in [0.15, 0.2) is 0 Å². The molecule has 1 N–H and O–H groups in total. The summed E-state index contributed by atoms with van der Waals surface area (Å²) in [7, 11) is 0. The van der Waals surface area contributed by atoms with Crippen molar-refractivity contribution < 1.29 is 22.7 Å². The van der Waals surface area contributed by atoms with Gasteiger partial charge in [0.1, 0.15) is 5.75 Å². The second-order valence-corrected chi connectivity index (χ2v) is 9.14. The van der Waals surface area contributed by atoms with Crippen LogP contribution in [0.25, 0.3) is 5.57 Å². The number of nitrogens with zero attached hydrogens (tertiary/aromatic N) is 2. The normalized spacial score (nSPS) is 15.6. The number of amides is 2. The van der Waals surface area contributed by atoms with Gasteiger partial charge in [-0.15, -0.1) is 13.2 Å². The molecule has 2 heterocycles. The molecule has 1 aromatic heterocycles. The second kappa shape index (κ2) is 9.68. The number of carbonyl (C=O) groups is 1. The van der Waals surface area contributed by atoms with E-state index in [0.717, 1.165) is 31.4 Å². The summed E-state index contributed by atoms with van der Waals surface area (Å²) in [5.74, 6) is -0.331. The number of rotatable bonds is 2. The number of fused-ring (bicyclic) bond motifs is 2. The van der Waals surface area contributed by atoms with Gasteiger partial charge in [-0.2, -0.15) is 0 Å². The molecule has 0 spiro atoms. The van der Waals surface area contributed by atoms with Crippen LogP contribution in [0.5, 0.6) is 5.75 Å². The molecular weight excluding hydrogens is 467 g/mol. The van der Waals surface area contributed by atoms with Gasteiger partial charge in [0.05, 0.1) is 5.69 Å². The standard InChI is InChI=1S/C28H26F3N3O2/c1-18-4-11-24-21(17-18)6-5-20-3-2-14-32-26(20)25(24)19-12-15-34(16-13-19)27(35)33-22-7-9-23(10-8-22)36-28(29,30)31/h2-4,7-11,14,17H,5-6,12-13,15-16H2,1H3,(H,33,35). The van der Waals surface area contributed by atoms with Gasteiger partial charge in [-0.3, -0.25) is 4.98 Å². The molecule has 2 aromatic carbocycles. The number of hydrogen-bond acceptors (Lipinski definition) is 3. The molecule has 0 saturated carbocycles. The van der Waals surface area contributed by atoms with Crippen molar-refractivity contribution in [3.63, 3.8) is 0 Å². The van der Waals surface area contributed by atoms with Crippen molar-refractivity contribution in [2.75, 3.05) is 18.4 Å². The molecule has 0 radical (unpaired) electrons. The molecule has 8 heteroatoms. The number of urea groups is 1. The fraction of sp³-hybridized carbons (Fsp3) is 0.286. The van der Waals surface area contributed by atoms with Crippen molar-refractivity contribution in [2.45, 2.75) is 39.0 Å². The third kappa shape index (κ3) is 5.22. The van der Waals surface area contributed by atoms with Crippen LogP contribution in [0, 0.1) is 6.92 Å². The van der Waals surface area contributed by atoms with E-state index in [2.05, 4.69) is 41.2 Å². The lowest BCUT2D eigenvalue weighted by Crippen LogP contribution is -2.39. The average Bonchev–Trinajstić information content (AvgIpc) is 3.01. The quantitative estimate of drug-likeness (QED) is 0.442. The Bertz CT molecular complexity index is 1310. The number of ether oxygens (including phenoxy) is 1. The van der Waals surface area contributed by atoms with Crippen LogP contribution >= 0.6 is 0 Å². The Morgan fingerprint density at radius 3 is 2.42 bits per heavy atom. The van der Waals surface area contributed by atoms with Gasteiger partial charge in [0.2, 0.25) is 0 Å². The summed E-state index contributed by atoms with van der Waals surface area (Å²) >= 11 is 0. The third-order valence-corrected chi connectivity index (χ3v) is 6.67. The molecule has 0 bridgehead atoms. The predicted octanol–water partition coefficient (Wildman–Crippen LogP) is 6.52. The number of carbonyl (C=O) groups excluding carboxylic acids is 1. The van der Waals surface area contributed by atoms with E-state index < -0.39 is 6.36 Å². The summed E-state index contributed by atoms with van der Waals surface area (Å²) in [5, 5.41) is 2.77. The largest absolute Gasteiger partial charge is 0.573 e. The first kappa shape index (κ1) is 23.9. The molecule has 186 valence electrons. The van der Waals surface area contributed by atoms with Gasteiger partial charge in [-0.25, -0.2) is 4.79 Å². The fourth-order valence-electron chi connectivity index (χ4n) is 4.97. The van der Waals surface area contributed by atoms with E-state index in [-0.39, 0.29) is 11.8 Å². The summed E-state index contributed by atoms with van der Waals surface area (Å²) in [6.45, 7) is 3.20. The van der Waals surface area contributed by atoms with Gasteiger partial charge in [0.25, 0.3) is 0 Å². The lowest BCUT2D eigenvalue weighted by atomic mass is 9.88. The van der Waals surface area contributed by atoms with Gasteiger partial charge in [-0.05, 0) is 79.6 Å². The lowest BCUT2D eigenvalue weighted by Gasteiger charge is -2.30. The molecule has 0 atom stereocenters. The topological polar surface area (TPSA) is 54.5 Å². The van der Waals surface area contributed by atoms with Crippen LogP contribution in [0.3, 0.4) is 0 Å². The number of aryl methyl sites for hydroxylation is 3. The maximum absolute atomic E-state index is 12.8. The molecular formula is C28H26F3N3O2. The van der Waals surface area contributed by atoms with Crippen molar-refractivity contribution >= 4 is 17.3 Å². The first-order valence-corrected chi connectivity index (χ1v) is 11.9. The van der Waals surface area contributed by atoms with Crippen LogP contribution in [0.1, 0.15) is 40.8 Å². The van der Waals surface area contributed by atoms with Crippen LogP contribution in [0.15, 0.2) is 66.4 Å². The number of alkyl halides is 3. The molecule has 1 saturated heterocycles. The number of aromatic nitrogens is 1. The van der Waals surface area contributed by atoms with Crippen molar-refractivity contribution in [2.24, 2.45) is 0 Å². The Labute approximate surface area is 207 Å². The molecule has 1 aliphatic carbocycles. The summed E-state index contributed by atoms with van der Waals surface area (Å²) in [6.07, 6.45) is 0.449. The van der Waals surface area contributed by atoms with Crippen LogP contribution in [0.2, 0.25) is 0 Å². The zero-order valence-electron chi connectivity index (χ0n) is 19.9. The number of halogens is 3. The van der Waals surface area contributed by atoms with Crippen LogP contribution < -0.4 is 10.1 Å². The number of benzene rings is 2. The summed E-state index contributed by atoms with van der Waals surface area (Å²) in [6, 6.07) is 15.6. The third-order valence-electron chi connectivity index (χ3n) is 6.67. The van der Waals surface area contributed by atoms with Gasteiger partial charge < -0.3 is 15.0 Å². The van der Waals surface area contributed by atoms with Gasteiger partial charge in [-0.1, -0.05) is 35.4 Å². The van der Waals surface area contributed by atoms with E-state index in [1.165, 1.54) is 57.7 Å². The van der Waals surface area contributed by atoms with E-state index in [1.54, 1.807) is 4.90 Å². The zero-order chi connectivity index (χ0) is 25.3. The highest BCUT2D eigenvalue weighted by atomic mass is 19.4. The summed E-state index contributed by atoms with van der Waals surface area (Å²) < 4.78 is 41.0. The molecule has 3 aromatic rings. The Morgan fingerprint density at radius 1 is 0.972 bits per heavy atom. The van der Waals surface area contributed by atoms with E-state index in [1.807, 2.05) is 12.3 Å². The molecule has 5 nitrogen and oxygen atoms in total. The summed E-state index contributed by atoms with van der Waals surface area (Å²) in [5.41, 5.74) is 8.96. The first-order chi connectivity index (χ1) is 17.3. The SMILES string of the molecule is Cc1ccc2c(c1)CCc1cccnc1C2=C1CCN(C(=O)Nc2ccc(OC(F)(F)F)cc2)CC1. The van der Waals surface area contributed by atoms with Crippen LogP contribution in [-0.4, -0.2) is 35.4 Å². The lowest BCUT2D eigenvalue weighted by molar-refractivity contribution is -0.274. The molecule has 1 aliphatic heterocycles. The number of likely N-dealkylation sites (tertiary alicyclic amines) is 1. The highest BCUT2D eigenvalue weighted by molar-refractivity contribution is 5.90. The number of piperidine rings is 1. The Hall–Kier alpha value is -3.81. The van der Waals surface area contributed by atoms with E-state index >= 15 is 0 Å². The second-order valence-electron chi connectivity index (χ2n) is 9.14. The zero-order valence-corrected chi connectivity index (χ0v) is 19.9. The fourth-order valence-corrected chi connectivity index (χ4v) is 4.97. The smallest absolute Gasteiger partial charge is 0.406 e.